The van der Waals surface area contributed by atoms with Crippen LogP contribution in [-0.2, 0) is 10.5 Å². The highest BCUT2D eigenvalue weighted by Crippen LogP contribution is 2.35. The van der Waals surface area contributed by atoms with Crippen LogP contribution in [0.4, 0.5) is 0 Å². The van der Waals surface area contributed by atoms with Crippen molar-refractivity contribution in [1.29, 1.82) is 0 Å². The van der Waals surface area contributed by atoms with Crippen LogP contribution in [0.25, 0.3) is 11.0 Å². The third kappa shape index (κ3) is 4.83. The Morgan fingerprint density at radius 3 is 2.85 bits per heavy atom. The van der Waals surface area contributed by atoms with Gasteiger partial charge in [-0.05, 0) is 32.3 Å². The molecule has 4 nitrogen and oxygen atoms in total. The first-order valence-corrected chi connectivity index (χ1v) is 10.7. The zero-order valence-corrected chi connectivity index (χ0v) is 16.6. The summed E-state index contributed by atoms with van der Waals surface area (Å²) < 4.78 is 11.0. The Hall–Kier alpha value is -1.46. The van der Waals surface area contributed by atoms with Gasteiger partial charge in [-0.1, -0.05) is 37.5 Å². The van der Waals surface area contributed by atoms with Crippen molar-refractivity contribution in [3.05, 3.63) is 35.6 Å². The molecule has 1 atom stereocenters. The Morgan fingerprint density at radius 2 is 2.08 bits per heavy atom. The van der Waals surface area contributed by atoms with Crippen LogP contribution in [0.15, 0.2) is 28.7 Å². The third-order valence-electron chi connectivity index (χ3n) is 5.05. The molecule has 26 heavy (non-hydrogen) atoms. The highest BCUT2D eigenvalue weighted by molar-refractivity contribution is 7.99. The molecule has 1 fully saturated rings. The number of carbonyl (C=O) groups excluding carboxylic acids is 1. The molecule has 1 N–H and O–H groups in total. The van der Waals surface area contributed by atoms with Gasteiger partial charge < -0.3 is 14.5 Å². The van der Waals surface area contributed by atoms with Gasteiger partial charge in [0.1, 0.15) is 5.58 Å². The zero-order valence-electron chi connectivity index (χ0n) is 15.8. The molecule has 0 aliphatic heterocycles. The van der Waals surface area contributed by atoms with E-state index >= 15 is 0 Å². The largest absolute Gasteiger partial charge is 0.451 e. The van der Waals surface area contributed by atoms with Crippen molar-refractivity contribution < 1.29 is 13.9 Å². The van der Waals surface area contributed by atoms with Crippen molar-refractivity contribution in [3.8, 4) is 0 Å². The van der Waals surface area contributed by atoms with E-state index in [0.717, 1.165) is 28.7 Å². The van der Waals surface area contributed by atoms with Crippen molar-refractivity contribution in [2.24, 2.45) is 0 Å². The molecular formula is C21H29NO3S. The first kappa shape index (κ1) is 19.3. The van der Waals surface area contributed by atoms with Crippen molar-refractivity contribution in [2.45, 2.75) is 62.5 Å². The summed E-state index contributed by atoms with van der Waals surface area (Å²) in [4.78, 5) is 12.8. The summed E-state index contributed by atoms with van der Waals surface area (Å²) in [5, 5.41) is 4.81. The lowest BCUT2D eigenvalue weighted by atomic mass is 10.0. The molecule has 0 bridgehead atoms. The molecule has 1 heterocycles. The highest BCUT2D eigenvalue weighted by Gasteiger charge is 2.23. The maximum atomic E-state index is 12.8. The standard InChI is InChI=1S/C21H29NO3S/c1-15(12-13-24-2)22-21(23)20-18(14-26-16-8-4-3-5-9-16)17-10-6-7-11-19(17)25-20/h6-7,10-11,15-16H,3-5,8-9,12-14H2,1-2H3,(H,22,23). The van der Waals surface area contributed by atoms with Crippen LogP contribution >= 0.6 is 11.8 Å². The average molecular weight is 376 g/mol. The lowest BCUT2D eigenvalue weighted by molar-refractivity contribution is 0.0903. The first-order valence-electron chi connectivity index (χ1n) is 9.61. The van der Waals surface area contributed by atoms with Crippen LogP contribution in [0.2, 0.25) is 0 Å². The number of rotatable bonds is 8. The molecule has 1 aromatic carbocycles. The van der Waals surface area contributed by atoms with Crippen LogP contribution in [0.5, 0.6) is 0 Å². The molecule has 0 saturated heterocycles. The number of amides is 1. The van der Waals surface area contributed by atoms with Crippen LogP contribution in [-0.4, -0.2) is 30.9 Å². The number of thioether (sulfide) groups is 1. The van der Waals surface area contributed by atoms with Crippen molar-refractivity contribution in [3.63, 3.8) is 0 Å². The number of benzene rings is 1. The number of nitrogens with one attached hydrogen (secondary N) is 1. The maximum Gasteiger partial charge on any atom is 0.287 e. The minimum absolute atomic E-state index is 0.0505. The Labute approximate surface area is 160 Å². The second-order valence-electron chi connectivity index (χ2n) is 7.13. The van der Waals surface area contributed by atoms with Gasteiger partial charge >= 0.3 is 0 Å². The maximum absolute atomic E-state index is 12.8. The number of ether oxygens (including phenoxy) is 1. The fourth-order valence-corrected chi connectivity index (χ4v) is 4.87. The van der Waals surface area contributed by atoms with Crippen molar-refractivity contribution in [2.75, 3.05) is 13.7 Å². The summed E-state index contributed by atoms with van der Waals surface area (Å²) in [5.41, 5.74) is 1.83. The van der Waals surface area contributed by atoms with Gasteiger partial charge in [0, 0.05) is 41.7 Å². The van der Waals surface area contributed by atoms with Crippen LogP contribution < -0.4 is 5.32 Å². The van der Waals surface area contributed by atoms with Gasteiger partial charge in [0.2, 0.25) is 0 Å². The molecule has 1 aromatic heterocycles. The molecule has 0 spiro atoms. The SMILES string of the molecule is COCCC(C)NC(=O)c1oc2ccccc2c1CSC1CCCCC1. The second kappa shape index (κ2) is 9.47. The number of hydrogen-bond donors (Lipinski definition) is 1. The van der Waals surface area contributed by atoms with E-state index in [0.29, 0.717) is 17.6 Å². The molecule has 1 unspecified atom stereocenters. The van der Waals surface area contributed by atoms with E-state index < -0.39 is 0 Å². The molecule has 1 aliphatic rings. The minimum atomic E-state index is -0.121. The number of para-hydroxylation sites is 1. The van der Waals surface area contributed by atoms with Crippen LogP contribution in [0, 0.1) is 0 Å². The molecule has 1 aliphatic carbocycles. The minimum Gasteiger partial charge on any atom is -0.451 e. The van der Waals surface area contributed by atoms with E-state index in [9.17, 15) is 4.79 Å². The number of methoxy groups -OCH3 is 1. The van der Waals surface area contributed by atoms with Gasteiger partial charge in [-0.2, -0.15) is 11.8 Å². The normalized spacial score (nSPS) is 16.7. The molecule has 2 aromatic rings. The Morgan fingerprint density at radius 1 is 1.31 bits per heavy atom. The topological polar surface area (TPSA) is 51.5 Å². The van der Waals surface area contributed by atoms with Gasteiger partial charge in [-0.3, -0.25) is 4.79 Å². The number of fused-ring (bicyclic) bond motifs is 1. The summed E-state index contributed by atoms with van der Waals surface area (Å²) >= 11 is 1.97. The molecule has 1 saturated carbocycles. The fourth-order valence-electron chi connectivity index (χ4n) is 3.51. The molecule has 142 valence electrons. The van der Waals surface area contributed by atoms with E-state index in [2.05, 4.69) is 11.4 Å². The Balaban J connectivity index is 1.76. The summed E-state index contributed by atoms with van der Waals surface area (Å²) in [5.74, 6) is 1.18. The first-order chi connectivity index (χ1) is 12.7. The van der Waals surface area contributed by atoms with E-state index in [-0.39, 0.29) is 11.9 Å². The Kier molecular flexibility index (Phi) is 7.03. The molecule has 3 rings (SSSR count). The average Bonchev–Trinajstić information content (AvgIpc) is 3.04. The zero-order chi connectivity index (χ0) is 18.4. The van der Waals surface area contributed by atoms with Crippen molar-refractivity contribution in [1.82, 2.24) is 5.32 Å². The van der Waals surface area contributed by atoms with Gasteiger partial charge in [-0.15, -0.1) is 0 Å². The summed E-state index contributed by atoms with van der Waals surface area (Å²) in [6, 6.07) is 8.01. The highest BCUT2D eigenvalue weighted by atomic mass is 32.2. The lowest BCUT2D eigenvalue weighted by Gasteiger charge is -2.21. The second-order valence-corrected chi connectivity index (χ2v) is 8.42. The fraction of sp³-hybridized carbons (Fsp3) is 0.571. The predicted molar refractivity (Wildman–Crippen MR) is 108 cm³/mol. The van der Waals surface area contributed by atoms with E-state index in [1.807, 2.05) is 36.9 Å². The number of carbonyl (C=O) groups is 1. The quantitative estimate of drug-likeness (QED) is 0.693. The summed E-state index contributed by atoms with van der Waals surface area (Å²) in [7, 11) is 1.67. The van der Waals surface area contributed by atoms with Gasteiger partial charge in [0.25, 0.3) is 5.91 Å². The van der Waals surface area contributed by atoms with E-state index in [4.69, 9.17) is 9.15 Å². The molecular weight excluding hydrogens is 346 g/mol. The smallest absolute Gasteiger partial charge is 0.287 e. The molecule has 0 radical (unpaired) electrons. The van der Waals surface area contributed by atoms with Crippen LogP contribution in [0.1, 0.15) is 61.6 Å². The van der Waals surface area contributed by atoms with Crippen molar-refractivity contribution >= 4 is 28.6 Å². The lowest BCUT2D eigenvalue weighted by Crippen LogP contribution is -2.33. The number of furan rings is 1. The van der Waals surface area contributed by atoms with Crippen LogP contribution in [0.3, 0.4) is 0 Å². The summed E-state index contributed by atoms with van der Waals surface area (Å²) in [6.07, 6.45) is 7.38. The van der Waals surface area contributed by atoms with Gasteiger partial charge in [0.05, 0.1) is 0 Å². The van der Waals surface area contributed by atoms with Gasteiger partial charge in [-0.25, -0.2) is 0 Å². The van der Waals surface area contributed by atoms with E-state index in [1.165, 1.54) is 32.1 Å². The number of hydrogen-bond acceptors (Lipinski definition) is 4. The van der Waals surface area contributed by atoms with Gasteiger partial charge in [0.15, 0.2) is 5.76 Å². The monoisotopic (exact) mass is 375 g/mol. The predicted octanol–water partition coefficient (Wildman–Crippen LogP) is 5.15. The molecule has 1 amide bonds. The summed E-state index contributed by atoms with van der Waals surface area (Å²) in [6.45, 7) is 2.63. The Bertz CT molecular complexity index is 721. The molecule has 5 heteroatoms. The third-order valence-corrected chi connectivity index (χ3v) is 6.45. The van der Waals surface area contributed by atoms with E-state index in [1.54, 1.807) is 7.11 Å².